The normalized spacial score (nSPS) is 17.3. The number of hydrogen-bond acceptors (Lipinski definition) is 3. The Morgan fingerprint density at radius 3 is 2.81 bits per heavy atom. The summed E-state index contributed by atoms with van der Waals surface area (Å²) >= 11 is 3.52. The van der Waals surface area contributed by atoms with Crippen LogP contribution in [0.2, 0.25) is 0 Å². The molecule has 3 rings (SSSR count). The molecule has 0 fully saturated rings. The predicted molar refractivity (Wildman–Crippen MR) is 83.1 cm³/mol. The molecule has 5 heteroatoms. The van der Waals surface area contributed by atoms with Gasteiger partial charge in [0.05, 0.1) is 5.92 Å². The zero-order chi connectivity index (χ0) is 15.0. The molecule has 4 nitrogen and oxygen atoms in total. The first-order valence-electron chi connectivity index (χ1n) is 6.90. The molecule has 1 aromatic heterocycles. The minimum Gasteiger partial charge on any atom is -0.481 e. The average Bonchev–Trinajstić information content (AvgIpc) is 2.47. The van der Waals surface area contributed by atoms with Crippen LogP contribution in [0, 0.1) is 12.8 Å². The Labute approximate surface area is 131 Å². The first kappa shape index (κ1) is 14.2. The number of halogens is 1. The van der Waals surface area contributed by atoms with Gasteiger partial charge in [0.1, 0.15) is 0 Å². The monoisotopic (exact) mass is 346 g/mol. The van der Waals surface area contributed by atoms with E-state index in [1.165, 1.54) is 0 Å². The Kier molecular flexibility index (Phi) is 3.76. The van der Waals surface area contributed by atoms with Gasteiger partial charge >= 0.3 is 5.97 Å². The van der Waals surface area contributed by atoms with Crippen molar-refractivity contribution in [3.8, 4) is 11.4 Å². The number of hydrogen-bond donors (Lipinski definition) is 1. The van der Waals surface area contributed by atoms with Crippen LogP contribution < -0.4 is 0 Å². The van der Waals surface area contributed by atoms with E-state index in [0.717, 1.165) is 27.0 Å². The number of nitrogens with zero attached hydrogens (tertiary/aromatic N) is 2. The van der Waals surface area contributed by atoms with Crippen molar-refractivity contribution in [2.75, 3.05) is 0 Å². The van der Waals surface area contributed by atoms with Crippen LogP contribution in [0.5, 0.6) is 0 Å². The SMILES string of the molecule is Cc1nc(-c2ccccc2Br)nc2c1CC(C(=O)O)CC2. The summed E-state index contributed by atoms with van der Waals surface area (Å²) in [7, 11) is 0. The van der Waals surface area contributed by atoms with Crippen molar-refractivity contribution >= 4 is 21.9 Å². The summed E-state index contributed by atoms with van der Waals surface area (Å²) in [6, 6.07) is 7.86. The first-order chi connectivity index (χ1) is 10.1. The Hall–Kier alpha value is -1.75. The molecule has 0 radical (unpaired) electrons. The van der Waals surface area contributed by atoms with Crippen LogP contribution in [-0.2, 0) is 17.6 Å². The highest BCUT2D eigenvalue weighted by molar-refractivity contribution is 9.10. The highest BCUT2D eigenvalue weighted by Gasteiger charge is 2.27. The molecule has 0 saturated heterocycles. The number of fused-ring (bicyclic) bond motifs is 1. The Balaban J connectivity index is 2.04. The molecule has 2 aromatic rings. The van der Waals surface area contributed by atoms with E-state index >= 15 is 0 Å². The quantitative estimate of drug-likeness (QED) is 0.904. The van der Waals surface area contributed by atoms with Gasteiger partial charge in [0, 0.05) is 21.4 Å². The molecule has 1 unspecified atom stereocenters. The van der Waals surface area contributed by atoms with Gasteiger partial charge in [-0.05, 0) is 37.8 Å². The first-order valence-corrected chi connectivity index (χ1v) is 7.69. The second kappa shape index (κ2) is 5.56. The van der Waals surface area contributed by atoms with Gasteiger partial charge in [0.25, 0.3) is 0 Å². The highest BCUT2D eigenvalue weighted by Crippen LogP contribution is 2.30. The predicted octanol–water partition coefficient (Wildman–Crippen LogP) is 3.40. The lowest BCUT2D eigenvalue weighted by molar-refractivity contribution is -0.142. The van der Waals surface area contributed by atoms with E-state index in [0.29, 0.717) is 25.1 Å². The molecule has 1 atom stereocenters. The minimum absolute atomic E-state index is 0.311. The Morgan fingerprint density at radius 1 is 1.33 bits per heavy atom. The number of benzene rings is 1. The van der Waals surface area contributed by atoms with Crippen LogP contribution >= 0.6 is 15.9 Å². The lowest BCUT2D eigenvalue weighted by atomic mass is 9.86. The maximum atomic E-state index is 11.2. The summed E-state index contributed by atoms with van der Waals surface area (Å²) in [5.41, 5.74) is 3.84. The average molecular weight is 347 g/mol. The van der Waals surface area contributed by atoms with E-state index in [2.05, 4.69) is 25.9 Å². The van der Waals surface area contributed by atoms with Gasteiger partial charge in [-0.15, -0.1) is 0 Å². The zero-order valence-electron chi connectivity index (χ0n) is 11.6. The van der Waals surface area contributed by atoms with E-state index in [1.54, 1.807) is 0 Å². The van der Waals surface area contributed by atoms with Crippen molar-refractivity contribution < 1.29 is 9.90 Å². The molecule has 1 aromatic carbocycles. The molecule has 0 bridgehead atoms. The maximum Gasteiger partial charge on any atom is 0.306 e. The largest absolute Gasteiger partial charge is 0.481 e. The van der Waals surface area contributed by atoms with Crippen molar-refractivity contribution in [3.05, 3.63) is 45.7 Å². The minimum atomic E-state index is -0.727. The summed E-state index contributed by atoms with van der Waals surface area (Å²) in [5, 5.41) is 9.18. The summed E-state index contributed by atoms with van der Waals surface area (Å²) in [5.74, 6) is -0.337. The number of carboxylic acid groups (broad SMARTS) is 1. The number of aromatic nitrogens is 2. The fourth-order valence-electron chi connectivity index (χ4n) is 2.76. The molecular weight excluding hydrogens is 332 g/mol. The molecule has 0 amide bonds. The fraction of sp³-hybridized carbons (Fsp3) is 0.312. The molecule has 1 aliphatic rings. The highest BCUT2D eigenvalue weighted by atomic mass is 79.9. The zero-order valence-corrected chi connectivity index (χ0v) is 13.2. The van der Waals surface area contributed by atoms with Crippen molar-refractivity contribution in [1.82, 2.24) is 9.97 Å². The molecule has 1 aliphatic carbocycles. The second-order valence-electron chi connectivity index (χ2n) is 5.32. The molecule has 1 N–H and O–H groups in total. The lowest BCUT2D eigenvalue weighted by Crippen LogP contribution is -2.24. The van der Waals surface area contributed by atoms with Crippen LogP contribution in [0.15, 0.2) is 28.7 Å². The Morgan fingerprint density at radius 2 is 2.10 bits per heavy atom. The molecular formula is C16H15BrN2O2. The van der Waals surface area contributed by atoms with E-state index in [4.69, 9.17) is 0 Å². The summed E-state index contributed by atoms with van der Waals surface area (Å²) in [4.78, 5) is 20.4. The van der Waals surface area contributed by atoms with Crippen LogP contribution in [0.25, 0.3) is 11.4 Å². The van der Waals surface area contributed by atoms with Crippen LogP contribution in [0.1, 0.15) is 23.4 Å². The van der Waals surface area contributed by atoms with Crippen LogP contribution in [-0.4, -0.2) is 21.0 Å². The van der Waals surface area contributed by atoms with E-state index in [-0.39, 0.29) is 5.92 Å². The third kappa shape index (κ3) is 2.70. The molecule has 0 saturated carbocycles. The number of aliphatic carboxylic acids is 1. The third-order valence-electron chi connectivity index (χ3n) is 3.94. The molecule has 1 heterocycles. The van der Waals surface area contributed by atoms with Gasteiger partial charge in [-0.25, -0.2) is 9.97 Å². The number of carbonyl (C=O) groups is 1. The summed E-state index contributed by atoms with van der Waals surface area (Å²) in [6.07, 6.45) is 1.88. The number of aryl methyl sites for hydroxylation is 2. The van der Waals surface area contributed by atoms with Gasteiger partial charge < -0.3 is 5.11 Å². The van der Waals surface area contributed by atoms with Gasteiger partial charge in [-0.1, -0.05) is 34.1 Å². The van der Waals surface area contributed by atoms with E-state index in [9.17, 15) is 9.90 Å². The summed E-state index contributed by atoms with van der Waals surface area (Å²) < 4.78 is 0.962. The third-order valence-corrected chi connectivity index (χ3v) is 4.64. The Bertz CT molecular complexity index is 715. The molecule has 0 aliphatic heterocycles. The second-order valence-corrected chi connectivity index (χ2v) is 6.17. The standard InChI is InChI=1S/C16H15BrN2O2/c1-9-12-8-10(16(20)21)6-7-14(12)19-15(18-9)11-4-2-3-5-13(11)17/h2-5,10H,6-8H2,1H3,(H,20,21). The van der Waals surface area contributed by atoms with Crippen LogP contribution in [0.3, 0.4) is 0 Å². The lowest BCUT2D eigenvalue weighted by Gasteiger charge is -2.22. The van der Waals surface area contributed by atoms with Crippen molar-refractivity contribution in [2.45, 2.75) is 26.2 Å². The topological polar surface area (TPSA) is 63.1 Å². The van der Waals surface area contributed by atoms with Crippen molar-refractivity contribution in [2.24, 2.45) is 5.92 Å². The van der Waals surface area contributed by atoms with Gasteiger partial charge in [0.15, 0.2) is 5.82 Å². The van der Waals surface area contributed by atoms with Crippen LogP contribution in [0.4, 0.5) is 0 Å². The van der Waals surface area contributed by atoms with E-state index < -0.39 is 5.97 Å². The number of rotatable bonds is 2. The smallest absolute Gasteiger partial charge is 0.306 e. The summed E-state index contributed by atoms with van der Waals surface area (Å²) in [6.45, 7) is 1.94. The van der Waals surface area contributed by atoms with Gasteiger partial charge in [0.2, 0.25) is 0 Å². The maximum absolute atomic E-state index is 11.2. The fourth-order valence-corrected chi connectivity index (χ4v) is 3.22. The van der Waals surface area contributed by atoms with Gasteiger partial charge in [-0.3, -0.25) is 4.79 Å². The molecule has 0 spiro atoms. The van der Waals surface area contributed by atoms with Gasteiger partial charge in [-0.2, -0.15) is 0 Å². The molecule has 21 heavy (non-hydrogen) atoms. The number of carboxylic acids is 1. The van der Waals surface area contributed by atoms with Crippen molar-refractivity contribution in [3.63, 3.8) is 0 Å². The van der Waals surface area contributed by atoms with E-state index in [1.807, 2.05) is 31.2 Å². The van der Waals surface area contributed by atoms with Crippen molar-refractivity contribution in [1.29, 1.82) is 0 Å². The molecule has 108 valence electrons.